The van der Waals surface area contributed by atoms with Crippen LogP contribution in [0, 0.1) is 0 Å². The van der Waals surface area contributed by atoms with Crippen molar-refractivity contribution in [3.05, 3.63) is 35.9 Å². The van der Waals surface area contributed by atoms with Crippen LogP contribution in [0.25, 0.3) is 0 Å². The zero-order valence-corrected chi connectivity index (χ0v) is 26.9. The fourth-order valence-corrected chi connectivity index (χ4v) is 6.44. The van der Waals surface area contributed by atoms with Gasteiger partial charge in [0.15, 0.2) is 0 Å². The number of amides is 3. The predicted octanol–water partition coefficient (Wildman–Crippen LogP) is 3.46. The number of hydrogen-bond acceptors (Lipinski definition) is 9. The highest BCUT2D eigenvalue weighted by Crippen LogP contribution is 2.18. The van der Waals surface area contributed by atoms with Crippen molar-refractivity contribution in [2.75, 3.05) is 32.9 Å². The van der Waals surface area contributed by atoms with E-state index in [0.29, 0.717) is 38.8 Å². The average Bonchev–Trinajstić information content (AvgIpc) is 2.92. The Morgan fingerprint density at radius 3 is 1.98 bits per heavy atom. The van der Waals surface area contributed by atoms with Crippen LogP contribution in [-0.4, -0.2) is 77.2 Å². The predicted molar refractivity (Wildman–Crippen MR) is 159 cm³/mol. The molecule has 0 radical (unpaired) electrons. The number of nitrogens with one attached hydrogen (secondary N) is 3. The van der Waals surface area contributed by atoms with E-state index in [1.54, 1.807) is 20.8 Å². The molecule has 0 saturated heterocycles. The van der Waals surface area contributed by atoms with E-state index in [1.165, 1.54) is 0 Å². The highest BCUT2D eigenvalue weighted by Gasteiger charge is 2.39. The third-order valence-electron chi connectivity index (χ3n) is 5.61. The van der Waals surface area contributed by atoms with Gasteiger partial charge in [0.05, 0.1) is 0 Å². The Morgan fingerprint density at radius 1 is 0.833 bits per heavy atom. The topological polar surface area (TPSA) is 151 Å². The third kappa shape index (κ3) is 16.4. The summed E-state index contributed by atoms with van der Waals surface area (Å²) in [5.74, 6) is -1.25. The van der Waals surface area contributed by atoms with Crippen molar-refractivity contribution in [1.82, 2.24) is 16.0 Å². The number of carbonyl (C=O) groups excluding carboxylic acids is 4. The van der Waals surface area contributed by atoms with Crippen molar-refractivity contribution in [3.8, 4) is 0 Å². The Kier molecular flexibility index (Phi) is 17.6. The lowest BCUT2D eigenvalue weighted by Crippen LogP contribution is -2.46. The van der Waals surface area contributed by atoms with Crippen LogP contribution >= 0.6 is 0 Å². The molecule has 42 heavy (non-hydrogen) atoms. The monoisotopic (exact) mass is 611 g/mol. The molecule has 0 fully saturated rings. The molecular formula is C29H49N3O9Si. The molecule has 1 atom stereocenters. The molecule has 0 aromatic heterocycles. The molecular weight excluding hydrogens is 562 g/mol. The first-order valence-electron chi connectivity index (χ1n) is 14.6. The molecule has 0 bridgehead atoms. The van der Waals surface area contributed by atoms with E-state index in [1.807, 2.05) is 51.1 Å². The molecule has 0 unspecified atom stereocenters. The first kappa shape index (κ1) is 37.0. The number of rotatable bonds is 20. The molecule has 12 nitrogen and oxygen atoms in total. The van der Waals surface area contributed by atoms with Crippen LogP contribution in [0.1, 0.15) is 72.8 Å². The minimum Gasteiger partial charge on any atom is -0.459 e. The summed E-state index contributed by atoms with van der Waals surface area (Å²) < 4.78 is 28.1. The van der Waals surface area contributed by atoms with Gasteiger partial charge in [-0.15, -0.1) is 0 Å². The Morgan fingerprint density at radius 2 is 1.40 bits per heavy atom. The molecule has 1 rings (SSSR count). The molecule has 13 heteroatoms. The Bertz CT molecular complexity index is 940. The molecule has 238 valence electrons. The lowest BCUT2D eigenvalue weighted by atomic mass is 10.1. The number of esters is 1. The van der Waals surface area contributed by atoms with Crippen molar-refractivity contribution in [2.24, 2.45) is 0 Å². The van der Waals surface area contributed by atoms with Gasteiger partial charge in [0.1, 0.15) is 18.2 Å². The van der Waals surface area contributed by atoms with Gasteiger partial charge in [-0.3, -0.25) is 9.59 Å². The van der Waals surface area contributed by atoms with Gasteiger partial charge >= 0.3 is 20.9 Å². The van der Waals surface area contributed by atoms with Gasteiger partial charge in [0, 0.05) is 51.8 Å². The highest BCUT2D eigenvalue weighted by atomic mass is 28.4. The summed E-state index contributed by atoms with van der Waals surface area (Å²) in [7, 11) is -2.76. The average molecular weight is 612 g/mol. The molecule has 0 heterocycles. The zero-order valence-electron chi connectivity index (χ0n) is 25.9. The second kappa shape index (κ2) is 20.0. The first-order valence-corrected chi connectivity index (χ1v) is 16.5. The Balaban J connectivity index is 2.48. The molecule has 0 saturated carbocycles. The standard InChI is InChI=1S/C29H49N3O9Si/c1-7-38-42(39-8-2,40-9-3)21-13-19-30-26(34)18-20-31-25(33)17-16-24(32-28(36)41-29(4,5)6)27(35)37-22-23-14-11-10-12-15-23/h10-12,14-15,24H,7-9,13,16-22H2,1-6H3,(H,30,34)(H,31,33)(H,32,36)/t24-/m0/s1. The molecule has 3 N–H and O–H groups in total. The number of carbonyl (C=O) groups is 4. The zero-order chi connectivity index (χ0) is 31.4. The van der Waals surface area contributed by atoms with Crippen LogP contribution in [0.5, 0.6) is 0 Å². The van der Waals surface area contributed by atoms with E-state index in [4.69, 9.17) is 22.8 Å². The summed E-state index contributed by atoms with van der Waals surface area (Å²) >= 11 is 0. The summed E-state index contributed by atoms with van der Waals surface area (Å²) in [5, 5.41) is 8.00. The number of hydrogen-bond donors (Lipinski definition) is 3. The summed E-state index contributed by atoms with van der Waals surface area (Å²) in [6.07, 6.45) is -0.131. The second-order valence-corrected chi connectivity index (χ2v) is 13.1. The maximum absolute atomic E-state index is 12.7. The van der Waals surface area contributed by atoms with Crippen LogP contribution in [0.4, 0.5) is 4.79 Å². The van der Waals surface area contributed by atoms with Crippen LogP contribution in [0.15, 0.2) is 30.3 Å². The van der Waals surface area contributed by atoms with E-state index >= 15 is 0 Å². The van der Waals surface area contributed by atoms with Crippen molar-refractivity contribution < 1.29 is 41.9 Å². The third-order valence-corrected chi connectivity index (χ3v) is 8.76. The van der Waals surface area contributed by atoms with E-state index in [0.717, 1.165) is 5.56 Å². The van der Waals surface area contributed by atoms with Crippen molar-refractivity contribution >= 4 is 32.7 Å². The van der Waals surface area contributed by atoms with Crippen molar-refractivity contribution in [1.29, 1.82) is 0 Å². The fourth-order valence-electron chi connectivity index (χ4n) is 3.83. The molecule has 3 amide bonds. The van der Waals surface area contributed by atoms with Crippen molar-refractivity contribution in [2.45, 2.75) is 91.5 Å². The Hall–Kier alpha value is -3.00. The summed E-state index contributed by atoms with van der Waals surface area (Å²) in [4.78, 5) is 49.7. The van der Waals surface area contributed by atoms with Gasteiger partial charge < -0.3 is 38.7 Å². The van der Waals surface area contributed by atoms with E-state index in [9.17, 15) is 19.2 Å². The van der Waals surface area contributed by atoms with Crippen LogP contribution in [0.3, 0.4) is 0 Å². The minimum atomic E-state index is -2.76. The molecule has 0 aliphatic heterocycles. The lowest BCUT2D eigenvalue weighted by molar-refractivity contribution is -0.147. The maximum Gasteiger partial charge on any atom is 0.500 e. The molecule has 0 aliphatic carbocycles. The molecule has 1 aromatic rings. The summed E-state index contributed by atoms with van der Waals surface area (Å²) in [5.41, 5.74) is 0.0266. The minimum absolute atomic E-state index is 0.00394. The largest absolute Gasteiger partial charge is 0.500 e. The first-order chi connectivity index (χ1) is 19.9. The number of benzene rings is 1. The van der Waals surface area contributed by atoms with Crippen LogP contribution < -0.4 is 16.0 Å². The summed E-state index contributed by atoms with van der Waals surface area (Å²) in [6.45, 7) is 12.9. The smallest absolute Gasteiger partial charge is 0.459 e. The van der Waals surface area contributed by atoms with E-state index in [2.05, 4.69) is 16.0 Å². The van der Waals surface area contributed by atoms with E-state index < -0.39 is 32.5 Å². The van der Waals surface area contributed by atoms with Crippen LogP contribution in [0.2, 0.25) is 6.04 Å². The van der Waals surface area contributed by atoms with Gasteiger partial charge in [-0.1, -0.05) is 30.3 Å². The lowest BCUT2D eigenvalue weighted by Gasteiger charge is -2.28. The molecule has 1 aromatic carbocycles. The van der Waals surface area contributed by atoms with Gasteiger partial charge in [0.25, 0.3) is 0 Å². The number of alkyl carbamates (subject to hydrolysis) is 1. The molecule has 0 spiro atoms. The van der Waals surface area contributed by atoms with Crippen molar-refractivity contribution in [3.63, 3.8) is 0 Å². The van der Waals surface area contributed by atoms with Gasteiger partial charge in [0.2, 0.25) is 11.8 Å². The number of ether oxygens (including phenoxy) is 2. The van der Waals surface area contributed by atoms with E-state index in [-0.39, 0.29) is 44.2 Å². The second-order valence-electron chi connectivity index (χ2n) is 10.4. The normalized spacial score (nSPS) is 12.2. The SMILES string of the molecule is CCO[Si](CCCNC(=O)CCNC(=O)CC[C@H](NC(=O)OC(C)(C)C)C(=O)OCc1ccccc1)(OCC)OCC. The van der Waals surface area contributed by atoms with Crippen LogP contribution in [-0.2, 0) is 43.7 Å². The van der Waals surface area contributed by atoms with Gasteiger partial charge in [-0.2, -0.15) is 0 Å². The quantitative estimate of drug-likeness (QED) is 0.114. The highest BCUT2D eigenvalue weighted by molar-refractivity contribution is 6.60. The molecule has 0 aliphatic rings. The Labute approximate surface area is 250 Å². The summed E-state index contributed by atoms with van der Waals surface area (Å²) in [6, 6.07) is 8.62. The maximum atomic E-state index is 12.7. The van der Waals surface area contributed by atoms with Gasteiger partial charge in [-0.25, -0.2) is 9.59 Å². The fraction of sp³-hybridized carbons (Fsp3) is 0.655. The van der Waals surface area contributed by atoms with Gasteiger partial charge in [-0.05, 0) is 59.9 Å².